The molecule has 1 heterocycles. The van der Waals surface area contributed by atoms with E-state index in [1.54, 1.807) is 11.6 Å². The lowest BCUT2D eigenvalue weighted by atomic mass is 10.2. The van der Waals surface area contributed by atoms with Crippen LogP contribution in [-0.4, -0.2) is 13.4 Å². The van der Waals surface area contributed by atoms with Crippen LogP contribution in [-0.2, 0) is 10.0 Å². The van der Waals surface area contributed by atoms with Crippen molar-refractivity contribution in [1.29, 1.82) is 5.26 Å². The van der Waals surface area contributed by atoms with Gasteiger partial charge in [-0.15, -0.1) is 11.3 Å². The van der Waals surface area contributed by atoms with Crippen molar-refractivity contribution in [2.75, 3.05) is 0 Å². The maximum Gasteiger partial charge on any atom is 0.242 e. The van der Waals surface area contributed by atoms with Crippen LogP contribution >= 0.6 is 22.9 Å². The van der Waals surface area contributed by atoms with Crippen LogP contribution < -0.4 is 4.72 Å². The Morgan fingerprint density at radius 3 is 2.86 bits per heavy atom. The van der Waals surface area contributed by atoms with Gasteiger partial charge in [-0.05, 0) is 24.6 Å². The summed E-state index contributed by atoms with van der Waals surface area (Å²) in [6.45, 7) is 1.86. The highest BCUT2D eigenvalue weighted by atomic mass is 35.5. The van der Waals surface area contributed by atoms with Crippen molar-refractivity contribution in [3.05, 3.63) is 45.4 Å². The highest BCUT2D eigenvalue weighted by Gasteiger charge is 2.24. The molecule has 0 fully saturated rings. The van der Waals surface area contributed by atoms with Crippen molar-refractivity contribution in [2.24, 2.45) is 0 Å². The Morgan fingerprint density at radius 1 is 1.52 bits per heavy atom. The molecule has 0 aliphatic heterocycles. The van der Waals surface area contributed by atoms with Crippen LogP contribution in [0.15, 0.2) is 34.7 Å². The Morgan fingerprint density at radius 2 is 2.29 bits per heavy atom. The topological polar surface area (TPSA) is 82.9 Å². The van der Waals surface area contributed by atoms with Crippen LogP contribution in [0.25, 0.3) is 0 Å². The molecule has 1 aromatic carbocycles. The zero-order valence-corrected chi connectivity index (χ0v) is 13.5. The number of nitrogens with one attached hydrogen (secondary N) is 1. The summed E-state index contributed by atoms with van der Waals surface area (Å²) >= 11 is 7.21. The summed E-state index contributed by atoms with van der Waals surface area (Å²) in [6.07, 6.45) is 2.17. The van der Waals surface area contributed by atoms with Gasteiger partial charge in [0.1, 0.15) is 16.0 Å². The van der Waals surface area contributed by atoms with Crippen LogP contribution in [0.5, 0.6) is 0 Å². The molecular formula is C13H12ClN3O2S2. The van der Waals surface area contributed by atoms with E-state index in [9.17, 15) is 8.42 Å². The number of rotatable bonds is 5. The second-order valence-corrected chi connectivity index (χ2v) is 7.25. The lowest BCUT2D eigenvalue weighted by Gasteiger charge is -2.15. The van der Waals surface area contributed by atoms with E-state index in [0.717, 1.165) is 0 Å². The van der Waals surface area contributed by atoms with Gasteiger partial charge in [-0.1, -0.05) is 18.5 Å². The van der Waals surface area contributed by atoms with Gasteiger partial charge in [-0.25, -0.2) is 18.1 Å². The standard InChI is InChI=1S/C13H12ClN3O2S2/c1-2-11(13-16-5-6-20-13)17-21(18,19)12-7-10(14)4-3-9(12)8-15/h3-7,11,17H,2H2,1H3. The molecule has 110 valence electrons. The molecule has 0 amide bonds. The van der Waals surface area contributed by atoms with Crippen molar-refractivity contribution in [1.82, 2.24) is 9.71 Å². The van der Waals surface area contributed by atoms with E-state index < -0.39 is 16.1 Å². The smallest absolute Gasteiger partial charge is 0.242 e. The molecule has 0 aliphatic rings. The third kappa shape index (κ3) is 3.60. The van der Waals surface area contributed by atoms with Gasteiger partial charge in [-0.3, -0.25) is 0 Å². The third-order valence-electron chi connectivity index (χ3n) is 2.81. The minimum Gasteiger partial charge on any atom is -0.248 e. The van der Waals surface area contributed by atoms with E-state index in [0.29, 0.717) is 11.4 Å². The average Bonchev–Trinajstić information content (AvgIpc) is 2.99. The fourth-order valence-electron chi connectivity index (χ4n) is 1.78. The molecule has 0 radical (unpaired) electrons. The van der Waals surface area contributed by atoms with Gasteiger partial charge in [0.2, 0.25) is 10.0 Å². The Kier molecular flexibility index (Phi) is 4.96. The molecule has 5 nitrogen and oxygen atoms in total. The van der Waals surface area contributed by atoms with E-state index in [4.69, 9.17) is 16.9 Å². The maximum atomic E-state index is 12.5. The molecule has 0 saturated heterocycles. The molecule has 1 aromatic heterocycles. The summed E-state index contributed by atoms with van der Waals surface area (Å²) in [7, 11) is -3.85. The zero-order chi connectivity index (χ0) is 15.5. The Hall–Kier alpha value is -1.46. The number of hydrogen-bond acceptors (Lipinski definition) is 5. The maximum absolute atomic E-state index is 12.5. The van der Waals surface area contributed by atoms with Gasteiger partial charge < -0.3 is 0 Å². The van der Waals surface area contributed by atoms with Gasteiger partial charge in [0, 0.05) is 16.6 Å². The normalized spacial score (nSPS) is 12.8. The van der Waals surface area contributed by atoms with Crippen molar-refractivity contribution in [2.45, 2.75) is 24.3 Å². The number of aromatic nitrogens is 1. The number of hydrogen-bond donors (Lipinski definition) is 1. The summed E-state index contributed by atoms with van der Waals surface area (Å²) in [4.78, 5) is 4.01. The summed E-state index contributed by atoms with van der Waals surface area (Å²) in [6, 6.07) is 5.58. The van der Waals surface area contributed by atoms with Crippen molar-refractivity contribution in [3.63, 3.8) is 0 Å². The highest BCUT2D eigenvalue weighted by molar-refractivity contribution is 7.89. The number of nitriles is 1. The molecule has 1 N–H and O–H groups in total. The predicted molar refractivity (Wildman–Crippen MR) is 81.6 cm³/mol. The minimum atomic E-state index is -3.85. The average molecular weight is 342 g/mol. The van der Waals surface area contributed by atoms with Crippen LogP contribution in [0.1, 0.15) is 30.0 Å². The summed E-state index contributed by atoms with van der Waals surface area (Å²) in [5, 5.41) is 11.8. The first-order valence-corrected chi connectivity index (χ1v) is 8.83. The monoisotopic (exact) mass is 341 g/mol. The quantitative estimate of drug-likeness (QED) is 0.905. The molecule has 2 aromatic rings. The van der Waals surface area contributed by atoms with Crippen molar-refractivity contribution in [3.8, 4) is 6.07 Å². The van der Waals surface area contributed by atoms with E-state index in [-0.39, 0.29) is 15.5 Å². The number of thiazole rings is 1. The Bertz CT molecular complexity index is 767. The Labute approximate surface area is 132 Å². The van der Waals surface area contributed by atoms with Crippen LogP contribution in [0.3, 0.4) is 0 Å². The molecule has 0 aliphatic carbocycles. The molecule has 21 heavy (non-hydrogen) atoms. The first-order chi connectivity index (χ1) is 9.97. The number of nitrogens with zero attached hydrogens (tertiary/aromatic N) is 2. The molecular weight excluding hydrogens is 330 g/mol. The molecule has 0 bridgehead atoms. The molecule has 8 heteroatoms. The molecule has 1 unspecified atom stereocenters. The molecule has 0 spiro atoms. The molecule has 1 atom stereocenters. The highest BCUT2D eigenvalue weighted by Crippen LogP contribution is 2.25. The van der Waals surface area contributed by atoms with Gasteiger partial charge >= 0.3 is 0 Å². The first-order valence-electron chi connectivity index (χ1n) is 6.09. The lowest BCUT2D eigenvalue weighted by molar-refractivity contribution is 0.549. The second-order valence-electron chi connectivity index (χ2n) is 4.20. The Balaban J connectivity index is 2.39. The van der Waals surface area contributed by atoms with Crippen molar-refractivity contribution >= 4 is 33.0 Å². The minimum absolute atomic E-state index is 0.0564. The van der Waals surface area contributed by atoms with Crippen LogP contribution in [0, 0.1) is 11.3 Å². The first kappa shape index (κ1) is 15.9. The van der Waals surface area contributed by atoms with E-state index in [1.807, 2.05) is 13.0 Å². The number of halogens is 1. The molecule has 2 rings (SSSR count). The van der Waals surface area contributed by atoms with Gasteiger partial charge in [0.15, 0.2) is 0 Å². The van der Waals surface area contributed by atoms with E-state index >= 15 is 0 Å². The third-order valence-corrected chi connectivity index (χ3v) is 5.44. The van der Waals surface area contributed by atoms with E-state index in [2.05, 4.69) is 9.71 Å². The number of sulfonamides is 1. The summed E-state index contributed by atoms with van der Waals surface area (Å²) < 4.78 is 27.5. The van der Waals surface area contributed by atoms with Gasteiger partial charge in [0.25, 0.3) is 0 Å². The fourth-order valence-corrected chi connectivity index (χ4v) is 4.33. The summed E-state index contributed by atoms with van der Waals surface area (Å²) in [5.41, 5.74) is 0.0564. The summed E-state index contributed by atoms with van der Waals surface area (Å²) in [5.74, 6) is 0. The fraction of sp³-hybridized carbons (Fsp3) is 0.231. The SMILES string of the molecule is CCC(NS(=O)(=O)c1cc(Cl)ccc1C#N)c1nccs1. The largest absolute Gasteiger partial charge is 0.248 e. The second kappa shape index (κ2) is 6.54. The zero-order valence-electron chi connectivity index (χ0n) is 11.1. The van der Waals surface area contributed by atoms with Crippen LogP contribution in [0.4, 0.5) is 0 Å². The lowest BCUT2D eigenvalue weighted by Crippen LogP contribution is -2.28. The van der Waals surface area contributed by atoms with Gasteiger partial charge in [-0.2, -0.15) is 5.26 Å². The van der Waals surface area contributed by atoms with Crippen LogP contribution in [0.2, 0.25) is 5.02 Å². The van der Waals surface area contributed by atoms with E-state index in [1.165, 1.54) is 29.5 Å². The number of benzene rings is 1. The van der Waals surface area contributed by atoms with Crippen molar-refractivity contribution < 1.29 is 8.42 Å². The molecule has 0 saturated carbocycles. The predicted octanol–water partition coefficient (Wildman–Crippen LogP) is 3.10. The van der Waals surface area contributed by atoms with Gasteiger partial charge in [0.05, 0.1) is 11.6 Å².